The molecule has 0 aliphatic heterocycles. The quantitative estimate of drug-likeness (QED) is 0.815. The summed E-state index contributed by atoms with van der Waals surface area (Å²) < 4.78 is 1.11. The Morgan fingerprint density at radius 2 is 2.05 bits per heavy atom. The van der Waals surface area contributed by atoms with Gasteiger partial charge in [-0.1, -0.05) is 22.0 Å². The van der Waals surface area contributed by atoms with E-state index in [4.69, 9.17) is 0 Å². The summed E-state index contributed by atoms with van der Waals surface area (Å²) in [6, 6.07) is 12.4. The molecule has 3 rings (SSSR count). The lowest BCUT2D eigenvalue weighted by molar-refractivity contribution is 0.472. The monoisotopic (exact) mass is 331 g/mol. The van der Waals surface area contributed by atoms with Crippen molar-refractivity contribution in [1.82, 2.24) is 0 Å². The Morgan fingerprint density at radius 3 is 2.85 bits per heavy atom. The highest BCUT2D eigenvalue weighted by Crippen LogP contribution is 2.35. The fraction of sp³-hybridized carbons (Fsp3) is 0.294. The van der Waals surface area contributed by atoms with Crippen LogP contribution in [0.4, 0.5) is 5.69 Å². The van der Waals surface area contributed by atoms with Crippen molar-refractivity contribution in [3.63, 3.8) is 0 Å². The fourth-order valence-corrected chi connectivity index (χ4v) is 3.40. The van der Waals surface area contributed by atoms with E-state index in [1.54, 1.807) is 6.07 Å². The van der Waals surface area contributed by atoms with E-state index in [-0.39, 0.29) is 0 Å². The molecule has 0 saturated carbocycles. The summed E-state index contributed by atoms with van der Waals surface area (Å²) in [5, 5.41) is 13.3. The van der Waals surface area contributed by atoms with Gasteiger partial charge in [0.2, 0.25) is 0 Å². The van der Waals surface area contributed by atoms with Crippen LogP contribution in [0.3, 0.4) is 0 Å². The molecule has 0 fully saturated rings. The molecule has 1 aliphatic rings. The summed E-state index contributed by atoms with van der Waals surface area (Å²) in [5.74, 6) is 0.365. The van der Waals surface area contributed by atoms with Crippen LogP contribution in [0.1, 0.15) is 35.6 Å². The zero-order chi connectivity index (χ0) is 14.1. The Bertz CT molecular complexity index is 639. The molecule has 1 unspecified atom stereocenters. The molecule has 1 atom stereocenters. The van der Waals surface area contributed by atoms with Gasteiger partial charge in [0.25, 0.3) is 0 Å². The van der Waals surface area contributed by atoms with Crippen LogP contribution < -0.4 is 5.32 Å². The average molecular weight is 332 g/mol. The fourth-order valence-electron chi connectivity index (χ4n) is 2.93. The number of rotatable bonds is 2. The zero-order valence-electron chi connectivity index (χ0n) is 11.5. The van der Waals surface area contributed by atoms with Crippen LogP contribution in [0.25, 0.3) is 0 Å². The maximum atomic E-state index is 9.61. The lowest BCUT2D eigenvalue weighted by Gasteiger charge is -2.28. The van der Waals surface area contributed by atoms with Gasteiger partial charge in [0.1, 0.15) is 5.75 Å². The first-order chi connectivity index (χ1) is 9.63. The average Bonchev–Trinajstić information content (AvgIpc) is 2.41. The lowest BCUT2D eigenvalue weighted by Crippen LogP contribution is -2.17. The van der Waals surface area contributed by atoms with E-state index in [0.29, 0.717) is 11.8 Å². The molecule has 2 aromatic rings. The molecule has 1 aliphatic carbocycles. The maximum absolute atomic E-state index is 9.61. The van der Waals surface area contributed by atoms with Gasteiger partial charge in [-0.25, -0.2) is 0 Å². The number of phenols is 1. The molecule has 3 heteroatoms. The van der Waals surface area contributed by atoms with Crippen LogP contribution in [0.5, 0.6) is 5.75 Å². The van der Waals surface area contributed by atoms with Crippen molar-refractivity contribution in [1.29, 1.82) is 0 Å². The molecule has 2 N–H and O–H groups in total. The Hall–Kier alpha value is -1.48. The van der Waals surface area contributed by atoms with E-state index < -0.39 is 0 Å². The number of halogens is 1. The minimum atomic E-state index is 0.333. The van der Waals surface area contributed by atoms with E-state index >= 15 is 0 Å². The highest BCUT2D eigenvalue weighted by molar-refractivity contribution is 9.10. The Kier molecular flexibility index (Phi) is 3.70. The molecule has 20 heavy (non-hydrogen) atoms. The first-order valence-corrected chi connectivity index (χ1v) is 7.77. The van der Waals surface area contributed by atoms with Crippen molar-refractivity contribution in [2.75, 3.05) is 5.32 Å². The Balaban J connectivity index is 1.89. The highest BCUT2D eigenvalue weighted by Gasteiger charge is 2.20. The second kappa shape index (κ2) is 5.49. The molecule has 0 bridgehead atoms. The van der Waals surface area contributed by atoms with E-state index in [2.05, 4.69) is 52.4 Å². The summed E-state index contributed by atoms with van der Waals surface area (Å²) in [7, 11) is 0. The molecule has 104 valence electrons. The minimum absolute atomic E-state index is 0.333. The Labute approximate surface area is 128 Å². The van der Waals surface area contributed by atoms with Crippen molar-refractivity contribution in [3.8, 4) is 5.75 Å². The van der Waals surface area contributed by atoms with Crippen molar-refractivity contribution >= 4 is 21.6 Å². The molecular formula is C17H18BrNO. The number of nitrogens with one attached hydrogen (secondary N) is 1. The molecule has 2 nitrogen and oxygen atoms in total. The van der Waals surface area contributed by atoms with Crippen molar-refractivity contribution in [2.45, 2.75) is 32.2 Å². The number of anilines is 1. The number of hydrogen-bond donors (Lipinski definition) is 2. The highest BCUT2D eigenvalue weighted by atomic mass is 79.9. The predicted molar refractivity (Wildman–Crippen MR) is 86.3 cm³/mol. The Morgan fingerprint density at radius 1 is 1.20 bits per heavy atom. The molecule has 0 aromatic heterocycles. The molecule has 0 amide bonds. The number of benzene rings is 2. The molecule has 0 heterocycles. The van der Waals surface area contributed by atoms with Crippen LogP contribution in [-0.4, -0.2) is 5.11 Å². The van der Waals surface area contributed by atoms with Gasteiger partial charge in [-0.15, -0.1) is 0 Å². The second-order valence-electron chi connectivity index (χ2n) is 5.43. The van der Waals surface area contributed by atoms with Gasteiger partial charge in [-0.2, -0.15) is 0 Å². The van der Waals surface area contributed by atoms with Crippen LogP contribution in [0.15, 0.2) is 40.9 Å². The number of fused-ring (bicyclic) bond motifs is 1. The molecule has 0 saturated heterocycles. The normalized spacial score (nSPS) is 17.6. The van der Waals surface area contributed by atoms with Gasteiger partial charge >= 0.3 is 0 Å². The summed E-state index contributed by atoms with van der Waals surface area (Å²) in [6.07, 6.45) is 3.35. The predicted octanol–water partition coefficient (Wildman–Crippen LogP) is 4.95. The molecular weight excluding hydrogens is 314 g/mol. The molecule has 0 spiro atoms. The third-order valence-electron chi connectivity index (χ3n) is 3.96. The van der Waals surface area contributed by atoms with Gasteiger partial charge in [-0.05, 0) is 73.2 Å². The first-order valence-electron chi connectivity index (χ1n) is 6.98. The van der Waals surface area contributed by atoms with Crippen LogP contribution in [0, 0.1) is 6.92 Å². The maximum Gasteiger partial charge on any atom is 0.115 e. The van der Waals surface area contributed by atoms with E-state index in [1.807, 2.05) is 6.07 Å². The number of hydrogen-bond acceptors (Lipinski definition) is 2. The topological polar surface area (TPSA) is 32.3 Å². The SMILES string of the molecule is Cc1cc(Br)ccc1NC1CCCc2cc(O)ccc21. The summed E-state index contributed by atoms with van der Waals surface area (Å²) in [5.41, 5.74) is 5.00. The molecule has 0 radical (unpaired) electrons. The standard InChI is InChI=1S/C17H18BrNO/c1-11-9-13(18)5-8-16(11)19-17-4-2-3-12-10-14(20)6-7-15(12)17/h5-10,17,19-20H,2-4H2,1H3. The van der Waals surface area contributed by atoms with Gasteiger partial charge in [0.05, 0.1) is 6.04 Å². The number of aromatic hydroxyl groups is 1. The van der Waals surface area contributed by atoms with Gasteiger partial charge in [0.15, 0.2) is 0 Å². The van der Waals surface area contributed by atoms with Crippen LogP contribution in [0.2, 0.25) is 0 Å². The zero-order valence-corrected chi connectivity index (χ0v) is 13.1. The summed E-state index contributed by atoms with van der Waals surface area (Å²) in [6.45, 7) is 2.12. The number of aryl methyl sites for hydroxylation is 2. The third-order valence-corrected chi connectivity index (χ3v) is 4.45. The van der Waals surface area contributed by atoms with Gasteiger partial charge in [-0.3, -0.25) is 0 Å². The van der Waals surface area contributed by atoms with Crippen LogP contribution in [-0.2, 0) is 6.42 Å². The van der Waals surface area contributed by atoms with Crippen molar-refractivity contribution in [2.24, 2.45) is 0 Å². The van der Waals surface area contributed by atoms with E-state index in [9.17, 15) is 5.11 Å². The van der Waals surface area contributed by atoms with E-state index in [0.717, 1.165) is 23.7 Å². The lowest BCUT2D eigenvalue weighted by atomic mass is 9.87. The molecule has 2 aromatic carbocycles. The smallest absolute Gasteiger partial charge is 0.115 e. The van der Waals surface area contributed by atoms with Gasteiger partial charge < -0.3 is 10.4 Å². The third kappa shape index (κ3) is 2.68. The summed E-state index contributed by atoms with van der Waals surface area (Å²) in [4.78, 5) is 0. The minimum Gasteiger partial charge on any atom is -0.508 e. The first kappa shape index (κ1) is 13.5. The van der Waals surface area contributed by atoms with Crippen molar-refractivity contribution < 1.29 is 5.11 Å². The van der Waals surface area contributed by atoms with E-state index in [1.165, 1.54) is 22.4 Å². The van der Waals surface area contributed by atoms with Crippen LogP contribution >= 0.6 is 15.9 Å². The second-order valence-corrected chi connectivity index (χ2v) is 6.35. The van der Waals surface area contributed by atoms with Gasteiger partial charge in [0, 0.05) is 10.2 Å². The van der Waals surface area contributed by atoms with Crippen molar-refractivity contribution in [3.05, 3.63) is 57.6 Å². The number of phenolic OH excluding ortho intramolecular Hbond substituents is 1. The summed E-state index contributed by atoms with van der Waals surface area (Å²) >= 11 is 3.50. The largest absolute Gasteiger partial charge is 0.508 e.